The Balaban J connectivity index is 0.000000203. The molecule has 67 heavy (non-hydrogen) atoms. The third-order valence-electron chi connectivity index (χ3n) is 12.7. The number of methoxy groups -OCH3 is 2. The van der Waals surface area contributed by atoms with Crippen LogP contribution in [0.4, 0.5) is 9.59 Å². The average molecular weight is 934 g/mol. The van der Waals surface area contributed by atoms with Gasteiger partial charge in [0.15, 0.2) is 11.6 Å². The van der Waals surface area contributed by atoms with Crippen molar-refractivity contribution in [2.45, 2.75) is 68.4 Å². The quantitative estimate of drug-likeness (QED) is 0.0398. The van der Waals surface area contributed by atoms with E-state index in [-0.39, 0.29) is 68.3 Å². The minimum atomic E-state index is -0.812. The van der Waals surface area contributed by atoms with Crippen LogP contribution in [0.3, 0.4) is 0 Å². The number of carbonyl (C=O) groups is 7. The number of fused-ring (bicyclic) bond motifs is 6. The van der Waals surface area contributed by atoms with Crippen molar-refractivity contribution in [3.63, 3.8) is 0 Å². The van der Waals surface area contributed by atoms with E-state index in [1.165, 1.54) is 26.0 Å². The molecule has 352 valence electrons. The molecule has 0 radical (unpaired) electrons. The number of ether oxygens (including phenoxy) is 4. The number of rotatable bonds is 20. The van der Waals surface area contributed by atoms with E-state index in [9.17, 15) is 33.6 Å². The monoisotopic (exact) mass is 933 g/mol. The van der Waals surface area contributed by atoms with Crippen LogP contribution in [0.15, 0.2) is 97.1 Å². The van der Waals surface area contributed by atoms with Gasteiger partial charge in [0.2, 0.25) is 5.91 Å². The molecular formula is C50H55N5O11S. The molecule has 17 heteroatoms. The summed E-state index contributed by atoms with van der Waals surface area (Å²) in [6, 6.07) is 31.7. The number of ketones is 2. The third-order valence-corrected chi connectivity index (χ3v) is 13.4. The van der Waals surface area contributed by atoms with E-state index in [1.807, 2.05) is 66.9 Å². The van der Waals surface area contributed by atoms with Gasteiger partial charge in [-0.1, -0.05) is 97.1 Å². The van der Waals surface area contributed by atoms with Gasteiger partial charge in [-0.2, -0.15) is 11.8 Å². The molecule has 0 unspecified atom stereocenters. The van der Waals surface area contributed by atoms with Crippen LogP contribution in [0.25, 0.3) is 22.3 Å². The number of amides is 3. The average Bonchev–Trinajstić information content (AvgIpc) is 4.28. The van der Waals surface area contributed by atoms with Gasteiger partial charge in [0.25, 0.3) is 0 Å². The van der Waals surface area contributed by atoms with Crippen LogP contribution in [0.5, 0.6) is 0 Å². The first-order chi connectivity index (χ1) is 32.4. The van der Waals surface area contributed by atoms with Crippen LogP contribution in [0.2, 0.25) is 0 Å². The Morgan fingerprint density at radius 2 is 1.09 bits per heavy atom. The zero-order chi connectivity index (χ0) is 47.6. The van der Waals surface area contributed by atoms with Gasteiger partial charge in [-0.3, -0.25) is 34.8 Å². The maximum atomic E-state index is 13.0. The minimum absolute atomic E-state index is 0.0185. The second-order valence-corrected chi connectivity index (χ2v) is 17.9. The van der Waals surface area contributed by atoms with Crippen molar-refractivity contribution in [3.05, 3.63) is 119 Å². The lowest BCUT2D eigenvalue weighted by Crippen LogP contribution is -2.50. The number of Topliss-reactive ketones (excluding diaryl/α,β-unsaturated/α-hetero) is 2. The lowest BCUT2D eigenvalue weighted by molar-refractivity contribution is -0.142. The fourth-order valence-electron chi connectivity index (χ4n) is 8.63. The largest absolute Gasteiger partial charge is 0.469 e. The standard InChI is InChI=1S/C27H31N3O6S.C23H24N2O5/c1-35-24(32)14-28-25(33)27(11-12-27)13-23(31)22(16-37-2)29-30-26(34)36-15-21-19-9-5-3-7-17(19)18-8-4-6-10-20(18)21;1-29-21(27)11-10-20(26)23(12-13-23)25-24-22(28)30-14-19-17-8-4-2-6-15(17)16-7-3-5-9-18(16)19/h3-10,21-22,29H,11-16H2,1-2H3,(H,28,33)(H,30,34);2-9,19,25H,10-14H2,1H3,(H,24,28)/t22-;/m1./s1. The lowest BCUT2D eigenvalue weighted by Gasteiger charge is -2.21. The van der Waals surface area contributed by atoms with E-state index >= 15 is 0 Å². The van der Waals surface area contributed by atoms with E-state index < -0.39 is 41.1 Å². The molecule has 4 aliphatic carbocycles. The first-order valence-electron chi connectivity index (χ1n) is 22.1. The molecule has 0 aliphatic heterocycles. The Bertz CT molecular complexity index is 2420. The van der Waals surface area contributed by atoms with Crippen molar-refractivity contribution in [3.8, 4) is 22.3 Å². The van der Waals surface area contributed by atoms with Gasteiger partial charge in [-0.15, -0.1) is 0 Å². The molecule has 0 spiro atoms. The molecule has 1 atom stereocenters. The fourth-order valence-corrected chi connectivity index (χ4v) is 9.23. The van der Waals surface area contributed by atoms with E-state index in [4.69, 9.17) is 9.47 Å². The number of thioether (sulfide) groups is 1. The van der Waals surface area contributed by atoms with E-state index in [1.54, 1.807) is 0 Å². The van der Waals surface area contributed by atoms with Gasteiger partial charge in [0.05, 0.1) is 37.6 Å². The Kier molecular flexibility index (Phi) is 15.8. The highest BCUT2D eigenvalue weighted by Crippen LogP contribution is 2.50. The van der Waals surface area contributed by atoms with Crippen LogP contribution in [-0.4, -0.2) is 99.2 Å². The summed E-state index contributed by atoms with van der Waals surface area (Å²) in [5.74, 6) is -1.32. The van der Waals surface area contributed by atoms with Gasteiger partial charge in [-0.05, 0) is 76.4 Å². The highest BCUT2D eigenvalue weighted by molar-refractivity contribution is 7.98. The van der Waals surface area contributed by atoms with Gasteiger partial charge in [0.1, 0.15) is 19.8 Å². The lowest BCUT2D eigenvalue weighted by atomic mass is 9.95. The Morgan fingerprint density at radius 1 is 0.627 bits per heavy atom. The first kappa shape index (κ1) is 48.4. The summed E-state index contributed by atoms with van der Waals surface area (Å²) in [6.45, 7) is 0.123. The van der Waals surface area contributed by atoms with Crippen LogP contribution in [-0.2, 0) is 42.9 Å². The van der Waals surface area contributed by atoms with Crippen molar-refractivity contribution in [1.29, 1.82) is 0 Å². The van der Waals surface area contributed by atoms with Crippen molar-refractivity contribution in [2.24, 2.45) is 5.41 Å². The van der Waals surface area contributed by atoms with Gasteiger partial charge in [0, 0.05) is 30.4 Å². The molecule has 0 aromatic heterocycles. The van der Waals surface area contributed by atoms with Crippen molar-refractivity contribution >= 4 is 53.4 Å². The SMILES string of the molecule is COC(=O)CCC(=O)C1(NNC(=O)OCC2c3ccccc3-c3ccccc32)CC1.COC(=O)CNC(=O)C1(CC(=O)[C@@H](CSC)NNC(=O)OCC2c3ccccc3-c3ccccc32)CC1. The summed E-state index contributed by atoms with van der Waals surface area (Å²) in [5.41, 5.74) is 18.0. The molecule has 4 aromatic carbocycles. The molecular weight excluding hydrogens is 879 g/mol. The zero-order valence-corrected chi connectivity index (χ0v) is 38.5. The van der Waals surface area contributed by atoms with E-state index in [0.29, 0.717) is 31.4 Å². The molecule has 2 saturated carbocycles. The molecule has 3 amide bonds. The molecule has 0 bridgehead atoms. The van der Waals surface area contributed by atoms with Gasteiger partial charge in [-0.25, -0.2) is 20.4 Å². The van der Waals surface area contributed by atoms with Crippen LogP contribution >= 0.6 is 11.8 Å². The van der Waals surface area contributed by atoms with Crippen LogP contribution in [0, 0.1) is 5.41 Å². The van der Waals surface area contributed by atoms with Crippen LogP contribution < -0.4 is 27.0 Å². The number of hydrogen-bond donors (Lipinski definition) is 5. The minimum Gasteiger partial charge on any atom is -0.469 e. The van der Waals surface area contributed by atoms with Crippen molar-refractivity contribution in [2.75, 3.05) is 46.0 Å². The van der Waals surface area contributed by atoms with E-state index in [0.717, 1.165) is 44.5 Å². The fraction of sp³-hybridized carbons (Fsp3) is 0.380. The number of carbonyl (C=O) groups excluding carboxylic acids is 7. The van der Waals surface area contributed by atoms with Gasteiger partial charge >= 0.3 is 24.1 Å². The van der Waals surface area contributed by atoms with Crippen LogP contribution in [0.1, 0.15) is 79.0 Å². The van der Waals surface area contributed by atoms with Gasteiger partial charge < -0.3 is 24.3 Å². The number of nitrogens with one attached hydrogen (secondary N) is 5. The van der Waals surface area contributed by atoms with E-state index in [2.05, 4.69) is 72.9 Å². The molecule has 4 aromatic rings. The number of hydrazine groups is 2. The Hall–Kier alpha value is -6.56. The molecule has 0 saturated heterocycles. The Morgan fingerprint density at radius 3 is 1.52 bits per heavy atom. The molecule has 5 N–H and O–H groups in total. The maximum absolute atomic E-state index is 13.0. The normalized spacial score (nSPS) is 15.6. The van der Waals surface area contributed by atoms with Crippen molar-refractivity contribution < 1.29 is 52.5 Å². The molecule has 4 aliphatic rings. The highest BCUT2D eigenvalue weighted by Gasteiger charge is 2.52. The summed E-state index contributed by atoms with van der Waals surface area (Å²) in [5, 5.41) is 2.54. The third kappa shape index (κ3) is 11.5. The summed E-state index contributed by atoms with van der Waals surface area (Å²) >= 11 is 1.44. The topological polar surface area (TPSA) is 217 Å². The summed E-state index contributed by atoms with van der Waals surface area (Å²) in [4.78, 5) is 85.2. The summed E-state index contributed by atoms with van der Waals surface area (Å²) < 4.78 is 20.1. The second kappa shape index (κ2) is 21.8. The first-order valence-corrected chi connectivity index (χ1v) is 23.5. The number of benzene rings is 4. The molecule has 16 nitrogen and oxygen atoms in total. The molecule has 8 rings (SSSR count). The maximum Gasteiger partial charge on any atom is 0.421 e. The zero-order valence-electron chi connectivity index (χ0n) is 37.6. The predicted molar refractivity (Wildman–Crippen MR) is 249 cm³/mol. The summed E-state index contributed by atoms with van der Waals surface area (Å²) in [6.07, 6.45) is 3.01. The summed E-state index contributed by atoms with van der Waals surface area (Å²) in [7, 11) is 2.53. The number of hydrogen-bond acceptors (Lipinski definition) is 14. The number of esters is 2. The molecule has 0 heterocycles. The van der Waals surface area contributed by atoms with Crippen molar-refractivity contribution in [1.82, 2.24) is 27.0 Å². The second-order valence-electron chi connectivity index (χ2n) is 16.9. The highest BCUT2D eigenvalue weighted by atomic mass is 32.2. The molecule has 2 fully saturated rings. The smallest absolute Gasteiger partial charge is 0.421 e. The predicted octanol–water partition coefficient (Wildman–Crippen LogP) is 5.87. The Labute approximate surface area is 392 Å².